The quantitative estimate of drug-likeness (QED) is 0.862. The molecule has 1 aromatic carbocycles. The summed E-state index contributed by atoms with van der Waals surface area (Å²) in [5, 5.41) is 3.20. The van der Waals surface area contributed by atoms with Gasteiger partial charge in [0, 0.05) is 19.1 Å². The van der Waals surface area contributed by atoms with E-state index < -0.39 is 0 Å². The highest BCUT2D eigenvalue weighted by atomic mass is 16.3. The van der Waals surface area contributed by atoms with Crippen LogP contribution in [0.4, 0.5) is 0 Å². The molecule has 5 nitrogen and oxygen atoms in total. The summed E-state index contributed by atoms with van der Waals surface area (Å²) in [6.07, 6.45) is 4.85. The Bertz CT molecular complexity index is 704. The van der Waals surface area contributed by atoms with Crippen molar-refractivity contribution in [3.63, 3.8) is 0 Å². The van der Waals surface area contributed by atoms with Gasteiger partial charge in [0.25, 0.3) is 5.91 Å². The number of furan rings is 1. The van der Waals surface area contributed by atoms with E-state index in [4.69, 9.17) is 4.42 Å². The second-order valence-electron chi connectivity index (χ2n) is 6.80. The minimum absolute atomic E-state index is 0.0760. The molecule has 2 heterocycles. The topological polar surface area (TPSA) is 62.6 Å². The molecule has 0 spiro atoms. The number of hydrogen-bond acceptors (Lipinski definition) is 3. The summed E-state index contributed by atoms with van der Waals surface area (Å²) < 4.78 is 5.19. The first kappa shape index (κ1) is 18.2. The van der Waals surface area contributed by atoms with Gasteiger partial charge in [-0.1, -0.05) is 43.7 Å². The molecule has 1 N–H and O–H groups in total. The van der Waals surface area contributed by atoms with Gasteiger partial charge < -0.3 is 14.6 Å². The average Bonchev–Trinajstić information content (AvgIpc) is 3.21. The lowest BCUT2D eigenvalue weighted by molar-refractivity contribution is -0.123. The fourth-order valence-corrected chi connectivity index (χ4v) is 3.51. The van der Waals surface area contributed by atoms with Gasteiger partial charge in [-0.25, -0.2) is 0 Å². The highest BCUT2D eigenvalue weighted by molar-refractivity contribution is 5.91. The second kappa shape index (κ2) is 8.70. The van der Waals surface area contributed by atoms with Gasteiger partial charge in [0.15, 0.2) is 5.76 Å². The van der Waals surface area contributed by atoms with Gasteiger partial charge in [0.1, 0.15) is 0 Å². The third-order valence-corrected chi connectivity index (χ3v) is 4.96. The van der Waals surface area contributed by atoms with Gasteiger partial charge in [-0.15, -0.1) is 0 Å². The Balaban J connectivity index is 1.54. The van der Waals surface area contributed by atoms with Crippen LogP contribution in [0.5, 0.6) is 0 Å². The van der Waals surface area contributed by atoms with E-state index in [9.17, 15) is 9.59 Å². The fraction of sp³-hybridized carbons (Fsp3) is 0.429. The van der Waals surface area contributed by atoms with Crippen LogP contribution in [0.25, 0.3) is 0 Å². The lowest BCUT2D eigenvalue weighted by Crippen LogP contribution is -2.47. The zero-order valence-corrected chi connectivity index (χ0v) is 15.2. The number of benzene rings is 1. The van der Waals surface area contributed by atoms with Crippen LogP contribution in [-0.4, -0.2) is 35.8 Å². The Morgan fingerprint density at radius 2 is 1.88 bits per heavy atom. The van der Waals surface area contributed by atoms with Crippen molar-refractivity contribution in [2.45, 2.75) is 44.6 Å². The second-order valence-corrected chi connectivity index (χ2v) is 6.80. The molecule has 1 aliphatic rings. The zero-order chi connectivity index (χ0) is 18.4. The first-order chi connectivity index (χ1) is 12.7. The SMILES string of the molecule is CCCC(C(=O)NC1CCN(C(=O)c2ccco2)CC1)c1ccccc1. The maximum atomic E-state index is 12.8. The van der Waals surface area contributed by atoms with E-state index in [1.54, 1.807) is 17.0 Å². The normalized spacial score (nSPS) is 16.3. The van der Waals surface area contributed by atoms with Crippen molar-refractivity contribution in [2.75, 3.05) is 13.1 Å². The molecular formula is C21H26N2O3. The van der Waals surface area contributed by atoms with Crippen molar-refractivity contribution >= 4 is 11.8 Å². The molecule has 1 saturated heterocycles. The van der Waals surface area contributed by atoms with Crippen LogP contribution >= 0.6 is 0 Å². The molecule has 1 aromatic heterocycles. The molecule has 5 heteroatoms. The van der Waals surface area contributed by atoms with E-state index in [-0.39, 0.29) is 23.8 Å². The number of amides is 2. The number of carbonyl (C=O) groups excluding carboxylic acids is 2. The van der Waals surface area contributed by atoms with Crippen LogP contribution in [0.3, 0.4) is 0 Å². The number of nitrogens with zero attached hydrogens (tertiary/aromatic N) is 1. The molecular weight excluding hydrogens is 328 g/mol. The molecule has 3 rings (SSSR count). The molecule has 1 fully saturated rings. The molecule has 2 amide bonds. The summed E-state index contributed by atoms with van der Waals surface area (Å²) in [5.74, 6) is 0.283. The summed E-state index contributed by atoms with van der Waals surface area (Å²) in [6.45, 7) is 3.37. The summed E-state index contributed by atoms with van der Waals surface area (Å²) in [4.78, 5) is 26.9. The zero-order valence-electron chi connectivity index (χ0n) is 15.2. The highest BCUT2D eigenvalue weighted by Gasteiger charge is 2.28. The molecule has 0 aliphatic carbocycles. The number of hydrogen-bond donors (Lipinski definition) is 1. The number of piperidine rings is 1. The molecule has 1 aliphatic heterocycles. The maximum Gasteiger partial charge on any atom is 0.289 e. The van der Waals surface area contributed by atoms with E-state index in [1.807, 2.05) is 30.3 Å². The van der Waals surface area contributed by atoms with Gasteiger partial charge in [-0.3, -0.25) is 9.59 Å². The maximum absolute atomic E-state index is 12.8. The van der Waals surface area contributed by atoms with Crippen molar-refractivity contribution in [1.82, 2.24) is 10.2 Å². The van der Waals surface area contributed by atoms with Crippen LogP contribution in [0.15, 0.2) is 53.1 Å². The number of carbonyl (C=O) groups is 2. The molecule has 0 radical (unpaired) electrons. The lowest BCUT2D eigenvalue weighted by atomic mass is 9.92. The third kappa shape index (κ3) is 4.34. The molecule has 26 heavy (non-hydrogen) atoms. The van der Waals surface area contributed by atoms with Crippen molar-refractivity contribution in [3.8, 4) is 0 Å². The first-order valence-electron chi connectivity index (χ1n) is 9.37. The highest BCUT2D eigenvalue weighted by Crippen LogP contribution is 2.22. The van der Waals surface area contributed by atoms with Crippen LogP contribution in [0, 0.1) is 0 Å². The summed E-state index contributed by atoms with van der Waals surface area (Å²) >= 11 is 0. The predicted octanol–water partition coefficient (Wildman–Crippen LogP) is 3.58. The van der Waals surface area contributed by atoms with Crippen LogP contribution in [-0.2, 0) is 4.79 Å². The van der Waals surface area contributed by atoms with Gasteiger partial charge in [0.2, 0.25) is 5.91 Å². The largest absolute Gasteiger partial charge is 0.459 e. The smallest absolute Gasteiger partial charge is 0.289 e. The monoisotopic (exact) mass is 354 g/mol. The Morgan fingerprint density at radius 3 is 2.50 bits per heavy atom. The number of rotatable bonds is 6. The van der Waals surface area contributed by atoms with E-state index in [1.165, 1.54) is 6.26 Å². The molecule has 1 atom stereocenters. The van der Waals surface area contributed by atoms with E-state index >= 15 is 0 Å². The summed E-state index contributed by atoms with van der Waals surface area (Å²) in [5.41, 5.74) is 1.07. The first-order valence-corrected chi connectivity index (χ1v) is 9.37. The van der Waals surface area contributed by atoms with Gasteiger partial charge in [-0.05, 0) is 37.0 Å². The van der Waals surface area contributed by atoms with Crippen LogP contribution in [0.1, 0.15) is 54.6 Å². The summed E-state index contributed by atoms with van der Waals surface area (Å²) in [6, 6.07) is 13.5. The molecule has 1 unspecified atom stereocenters. The Morgan fingerprint density at radius 1 is 1.15 bits per heavy atom. The lowest BCUT2D eigenvalue weighted by Gasteiger charge is -2.32. The van der Waals surface area contributed by atoms with Gasteiger partial charge in [0.05, 0.1) is 12.2 Å². The van der Waals surface area contributed by atoms with Crippen molar-refractivity contribution in [1.29, 1.82) is 0 Å². The minimum atomic E-state index is -0.107. The van der Waals surface area contributed by atoms with Gasteiger partial charge in [-0.2, -0.15) is 0 Å². The average molecular weight is 354 g/mol. The third-order valence-electron chi connectivity index (χ3n) is 4.96. The van der Waals surface area contributed by atoms with E-state index in [0.29, 0.717) is 18.8 Å². The van der Waals surface area contributed by atoms with E-state index in [2.05, 4.69) is 12.2 Å². The van der Waals surface area contributed by atoms with E-state index in [0.717, 1.165) is 31.2 Å². The molecule has 138 valence electrons. The van der Waals surface area contributed by atoms with Gasteiger partial charge >= 0.3 is 0 Å². The number of likely N-dealkylation sites (tertiary alicyclic amines) is 1. The molecule has 0 bridgehead atoms. The molecule has 0 saturated carbocycles. The van der Waals surface area contributed by atoms with Crippen molar-refractivity contribution in [2.24, 2.45) is 0 Å². The van der Waals surface area contributed by atoms with Crippen molar-refractivity contribution in [3.05, 3.63) is 60.1 Å². The van der Waals surface area contributed by atoms with Crippen LogP contribution < -0.4 is 5.32 Å². The Hall–Kier alpha value is -2.56. The number of nitrogens with one attached hydrogen (secondary N) is 1. The fourth-order valence-electron chi connectivity index (χ4n) is 3.51. The predicted molar refractivity (Wildman–Crippen MR) is 99.9 cm³/mol. The minimum Gasteiger partial charge on any atom is -0.459 e. The molecule has 2 aromatic rings. The Labute approximate surface area is 154 Å². The summed E-state index contributed by atoms with van der Waals surface area (Å²) in [7, 11) is 0. The standard InChI is InChI=1S/C21H26N2O3/c1-2-7-18(16-8-4-3-5-9-16)20(24)22-17-11-13-23(14-12-17)21(25)19-10-6-15-26-19/h3-6,8-10,15,17-18H,2,7,11-14H2,1H3,(H,22,24). The Kier molecular flexibility index (Phi) is 6.10. The van der Waals surface area contributed by atoms with Crippen LogP contribution in [0.2, 0.25) is 0 Å². The van der Waals surface area contributed by atoms with Crippen molar-refractivity contribution < 1.29 is 14.0 Å².